The van der Waals surface area contributed by atoms with Crippen molar-refractivity contribution in [1.29, 1.82) is 0 Å². The molecule has 0 radical (unpaired) electrons. The Hall–Kier alpha value is -0.900. The lowest BCUT2D eigenvalue weighted by atomic mass is 10.1. The van der Waals surface area contributed by atoms with Crippen LogP contribution >= 0.6 is 11.3 Å². The molecule has 1 N–H and O–H groups in total. The number of carboxylic acids is 1. The summed E-state index contributed by atoms with van der Waals surface area (Å²) in [5, 5.41) is 9.69. The van der Waals surface area contributed by atoms with E-state index < -0.39 is 5.97 Å². The van der Waals surface area contributed by atoms with Gasteiger partial charge in [-0.25, -0.2) is 9.78 Å². The van der Waals surface area contributed by atoms with Crippen molar-refractivity contribution in [2.24, 2.45) is 0 Å². The predicted molar refractivity (Wildman–Crippen MR) is 52.5 cm³/mol. The highest BCUT2D eigenvalue weighted by atomic mass is 32.1. The lowest BCUT2D eigenvalue weighted by Gasteiger charge is -2.04. The maximum absolute atomic E-state index is 10.8. The fourth-order valence-corrected chi connectivity index (χ4v) is 2.17. The molecule has 1 atom stereocenters. The van der Waals surface area contributed by atoms with Gasteiger partial charge >= 0.3 is 5.97 Å². The number of carbonyl (C=O) groups is 1. The van der Waals surface area contributed by atoms with Gasteiger partial charge in [-0.15, -0.1) is 11.3 Å². The number of aromatic nitrogens is 1. The monoisotopic (exact) mass is 199 g/mol. The maximum atomic E-state index is 10.8. The van der Waals surface area contributed by atoms with E-state index in [-0.39, 0.29) is 11.6 Å². The number of rotatable bonds is 3. The van der Waals surface area contributed by atoms with Crippen LogP contribution in [0.1, 0.15) is 46.6 Å². The van der Waals surface area contributed by atoms with Gasteiger partial charge in [-0.3, -0.25) is 0 Å². The van der Waals surface area contributed by atoms with Crippen molar-refractivity contribution in [3.05, 3.63) is 15.6 Å². The minimum absolute atomic E-state index is 0.233. The first-order valence-electron chi connectivity index (χ1n) is 4.26. The molecular formula is C9H13NO2S. The van der Waals surface area contributed by atoms with Crippen LogP contribution in [0.3, 0.4) is 0 Å². The molecule has 0 aliphatic carbocycles. The van der Waals surface area contributed by atoms with E-state index >= 15 is 0 Å². The Kier molecular flexibility index (Phi) is 3.03. The SMILES string of the molecule is CCC(C)c1sc(C)nc1C(=O)O. The van der Waals surface area contributed by atoms with Gasteiger partial charge in [0.25, 0.3) is 0 Å². The summed E-state index contributed by atoms with van der Waals surface area (Å²) in [7, 11) is 0. The Bertz CT molecular complexity index is 319. The van der Waals surface area contributed by atoms with Crippen LogP contribution < -0.4 is 0 Å². The zero-order valence-corrected chi connectivity index (χ0v) is 8.81. The molecular weight excluding hydrogens is 186 g/mol. The van der Waals surface area contributed by atoms with Gasteiger partial charge in [0.15, 0.2) is 5.69 Å². The van der Waals surface area contributed by atoms with Gasteiger partial charge < -0.3 is 5.11 Å². The first kappa shape index (κ1) is 10.2. The summed E-state index contributed by atoms with van der Waals surface area (Å²) in [5.41, 5.74) is 0.233. The average Bonchev–Trinajstić information content (AvgIpc) is 2.46. The minimum Gasteiger partial charge on any atom is -0.476 e. The molecule has 4 heteroatoms. The maximum Gasteiger partial charge on any atom is 0.355 e. The molecule has 1 rings (SSSR count). The molecule has 0 aliphatic heterocycles. The second-order valence-electron chi connectivity index (χ2n) is 3.06. The van der Waals surface area contributed by atoms with Crippen molar-refractivity contribution in [2.75, 3.05) is 0 Å². The smallest absolute Gasteiger partial charge is 0.355 e. The van der Waals surface area contributed by atoms with Gasteiger partial charge in [0.1, 0.15) is 0 Å². The van der Waals surface area contributed by atoms with Crippen molar-refractivity contribution in [3.8, 4) is 0 Å². The summed E-state index contributed by atoms with van der Waals surface area (Å²) in [6, 6.07) is 0. The number of nitrogens with zero attached hydrogens (tertiary/aromatic N) is 1. The quantitative estimate of drug-likeness (QED) is 0.814. The third-order valence-electron chi connectivity index (χ3n) is 2.02. The molecule has 3 nitrogen and oxygen atoms in total. The molecule has 1 unspecified atom stereocenters. The Morgan fingerprint density at radius 1 is 1.69 bits per heavy atom. The minimum atomic E-state index is -0.917. The van der Waals surface area contributed by atoms with E-state index in [0.717, 1.165) is 16.3 Å². The van der Waals surface area contributed by atoms with Crippen molar-refractivity contribution in [2.45, 2.75) is 33.1 Å². The van der Waals surface area contributed by atoms with Crippen molar-refractivity contribution in [1.82, 2.24) is 4.98 Å². The molecule has 0 fully saturated rings. The summed E-state index contributed by atoms with van der Waals surface area (Å²) >= 11 is 1.48. The van der Waals surface area contributed by atoms with Crippen molar-refractivity contribution < 1.29 is 9.90 Å². The summed E-state index contributed by atoms with van der Waals surface area (Å²) in [6.07, 6.45) is 0.946. The van der Waals surface area contributed by atoms with Gasteiger partial charge in [-0.1, -0.05) is 13.8 Å². The van der Waals surface area contributed by atoms with Gasteiger partial charge in [-0.2, -0.15) is 0 Å². The summed E-state index contributed by atoms with van der Waals surface area (Å²) in [4.78, 5) is 15.7. The van der Waals surface area contributed by atoms with E-state index in [1.54, 1.807) is 0 Å². The summed E-state index contributed by atoms with van der Waals surface area (Å²) < 4.78 is 0. The molecule has 0 spiro atoms. The predicted octanol–water partition coefficient (Wildman–Crippen LogP) is 2.66. The Morgan fingerprint density at radius 2 is 2.31 bits per heavy atom. The van der Waals surface area contributed by atoms with Gasteiger partial charge in [0.05, 0.1) is 5.01 Å². The molecule has 72 valence electrons. The lowest BCUT2D eigenvalue weighted by molar-refractivity contribution is 0.0689. The number of hydrogen-bond donors (Lipinski definition) is 1. The van der Waals surface area contributed by atoms with Crippen LogP contribution in [0.25, 0.3) is 0 Å². The Balaban J connectivity index is 3.11. The van der Waals surface area contributed by atoms with Gasteiger partial charge in [-0.05, 0) is 19.3 Å². The second kappa shape index (κ2) is 3.87. The highest BCUT2D eigenvalue weighted by Crippen LogP contribution is 2.28. The van der Waals surface area contributed by atoms with Crippen molar-refractivity contribution in [3.63, 3.8) is 0 Å². The molecule has 0 aromatic carbocycles. The van der Waals surface area contributed by atoms with Crippen LogP contribution in [0.4, 0.5) is 0 Å². The van der Waals surface area contributed by atoms with Crippen molar-refractivity contribution >= 4 is 17.3 Å². The van der Waals surface area contributed by atoms with Crippen LogP contribution in [0.5, 0.6) is 0 Å². The number of thiazole rings is 1. The standard InChI is InChI=1S/C9H13NO2S/c1-4-5(2)8-7(9(11)12)10-6(3)13-8/h5H,4H2,1-3H3,(H,11,12). The van der Waals surface area contributed by atoms with E-state index in [1.807, 2.05) is 20.8 Å². The van der Waals surface area contributed by atoms with E-state index in [9.17, 15) is 4.79 Å². The van der Waals surface area contributed by atoms with E-state index in [0.29, 0.717) is 0 Å². The first-order chi connectivity index (χ1) is 6.06. The zero-order chi connectivity index (χ0) is 10.0. The third kappa shape index (κ3) is 2.06. The normalized spacial score (nSPS) is 12.8. The topological polar surface area (TPSA) is 50.2 Å². The summed E-state index contributed by atoms with van der Waals surface area (Å²) in [6.45, 7) is 5.91. The van der Waals surface area contributed by atoms with Crippen LogP contribution in [-0.2, 0) is 0 Å². The van der Waals surface area contributed by atoms with Gasteiger partial charge in [0, 0.05) is 4.88 Å². The fraction of sp³-hybridized carbons (Fsp3) is 0.556. The van der Waals surface area contributed by atoms with E-state index in [4.69, 9.17) is 5.11 Å². The molecule has 0 bridgehead atoms. The highest BCUT2D eigenvalue weighted by Gasteiger charge is 2.19. The Morgan fingerprint density at radius 3 is 2.77 bits per heavy atom. The number of aryl methyl sites for hydroxylation is 1. The van der Waals surface area contributed by atoms with E-state index in [2.05, 4.69) is 4.98 Å². The number of carboxylic acid groups (broad SMARTS) is 1. The van der Waals surface area contributed by atoms with Crippen LogP contribution in [0.15, 0.2) is 0 Å². The van der Waals surface area contributed by atoms with Crippen LogP contribution in [0, 0.1) is 6.92 Å². The lowest BCUT2D eigenvalue weighted by Crippen LogP contribution is -2.02. The molecule has 1 aromatic heterocycles. The molecule has 0 aliphatic rings. The van der Waals surface area contributed by atoms with E-state index in [1.165, 1.54) is 11.3 Å². The fourth-order valence-electron chi connectivity index (χ4n) is 1.12. The summed E-state index contributed by atoms with van der Waals surface area (Å²) in [5.74, 6) is -0.628. The molecule has 0 amide bonds. The Labute approximate surface area is 81.4 Å². The molecule has 1 aromatic rings. The third-order valence-corrected chi connectivity index (χ3v) is 3.23. The number of aromatic carboxylic acids is 1. The molecule has 0 saturated carbocycles. The molecule has 13 heavy (non-hydrogen) atoms. The number of hydrogen-bond acceptors (Lipinski definition) is 3. The second-order valence-corrected chi connectivity index (χ2v) is 4.29. The average molecular weight is 199 g/mol. The molecule has 1 heterocycles. The van der Waals surface area contributed by atoms with Gasteiger partial charge in [0.2, 0.25) is 0 Å². The van der Waals surface area contributed by atoms with Crippen LogP contribution in [-0.4, -0.2) is 16.1 Å². The largest absolute Gasteiger partial charge is 0.476 e. The highest BCUT2D eigenvalue weighted by molar-refractivity contribution is 7.12. The molecule has 0 saturated heterocycles. The van der Waals surface area contributed by atoms with Crippen LogP contribution in [0.2, 0.25) is 0 Å². The zero-order valence-electron chi connectivity index (χ0n) is 8.00. The first-order valence-corrected chi connectivity index (χ1v) is 5.08.